The maximum atomic E-state index is 16.2. The van der Waals surface area contributed by atoms with Gasteiger partial charge in [-0.1, -0.05) is 78.6 Å². The molecular formula is C79H124F8N12O13. The largest absolute Gasteiger partial charge is 0.397 e. The summed E-state index contributed by atoms with van der Waals surface area (Å²) in [5, 5.41) is 8.50. The van der Waals surface area contributed by atoms with Crippen LogP contribution < -0.4 is 16.0 Å². The molecule has 25 nitrogen and oxygen atoms in total. The molecule has 12 amide bonds. The predicted molar refractivity (Wildman–Crippen MR) is 398 cm³/mol. The Bertz CT molecular complexity index is 3280. The van der Waals surface area contributed by atoms with Crippen molar-refractivity contribution in [1.29, 1.82) is 0 Å². The van der Waals surface area contributed by atoms with Gasteiger partial charge in [0.15, 0.2) is 0 Å². The third kappa shape index (κ3) is 22.0. The zero-order valence-corrected chi connectivity index (χ0v) is 67.5. The number of alkyl halides is 8. The number of likely N-dealkylation sites (N-methyl/N-ethyl adjacent to an activating group) is 6. The summed E-state index contributed by atoms with van der Waals surface area (Å²) in [5.41, 5.74) is -1.69. The molecule has 5 aliphatic carbocycles. The number of hydrogen-bond donors (Lipinski definition) is 3. The second-order valence-electron chi connectivity index (χ2n) is 33.8. The van der Waals surface area contributed by atoms with E-state index in [4.69, 9.17) is 4.74 Å². The highest BCUT2D eigenvalue weighted by atomic mass is 19.4. The Kier molecular flexibility index (Phi) is 32.0. The van der Waals surface area contributed by atoms with Gasteiger partial charge in [-0.05, 0) is 152 Å². The molecule has 0 aromatic rings. The first-order chi connectivity index (χ1) is 52.8. The molecular weight excluding hydrogens is 1480 g/mol. The van der Waals surface area contributed by atoms with E-state index in [-0.39, 0.29) is 103 Å². The highest BCUT2D eigenvalue weighted by Crippen LogP contribution is 2.46. The van der Waals surface area contributed by atoms with Crippen LogP contribution in [0.5, 0.6) is 0 Å². The molecule has 0 aromatic carbocycles. The van der Waals surface area contributed by atoms with Crippen molar-refractivity contribution < 1.29 is 97.4 Å². The van der Waals surface area contributed by atoms with Crippen molar-refractivity contribution in [2.45, 2.75) is 299 Å². The van der Waals surface area contributed by atoms with Crippen LogP contribution in [0, 0.1) is 41.4 Å². The van der Waals surface area contributed by atoms with Crippen LogP contribution >= 0.6 is 0 Å². The average Bonchev–Trinajstić information content (AvgIpc) is 1.16. The van der Waals surface area contributed by atoms with Gasteiger partial charge in [0, 0.05) is 82.0 Å². The minimum atomic E-state index is -5.21. The Hall–Kier alpha value is -6.96. The fraction of sp³-hybridized carbons (Fsp3) is 0.848. The van der Waals surface area contributed by atoms with Crippen LogP contribution in [0.4, 0.5) is 35.1 Å². The summed E-state index contributed by atoms with van der Waals surface area (Å²) in [4.78, 5) is 194. The van der Waals surface area contributed by atoms with Gasteiger partial charge < -0.3 is 64.8 Å². The third-order valence-corrected chi connectivity index (χ3v) is 26.0. The molecule has 3 heterocycles. The fourth-order valence-corrected chi connectivity index (χ4v) is 18.8. The van der Waals surface area contributed by atoms with Crippen molar-refractivity contribution in [3.8, 4) is 0 Å². The maximum absolute atomic E-state index is 16.2. The highest BCUT2D eigenvalue weighted by molar-refractivity contribution is 6.01. The molecule has 3 saturated heterocycles. The molecule has 2 unspecified atom stereocenters. The van der Waals surface area contributed by atoms with E-state index in [1.165, 1.54) is 73.8 Å². The minimum Gasteiger partial charge on any atom is -0.377 e. The molecule has 1 spiro atoms. The lowest BCUT2D eigenvalue weighted by Gasteiger charge is -2.47. The molecule has 33 heteroatoms. The highest BCUT2D eigenvalue weighted by Gasteiger charge is 2.57. The number of amides is 12. The molecule has 0 aromatic heterocycles. The van der Waals surface area contributed by atoms with Crippen LogP contribution in [-0.4, -0.2) is 288 Å². The molecule has 3 aliphatic heterocycles. The minimum absolute atomic E-state index is 0.00464. The number of halogens is 8. The van der Waals surface area contributed by atoms with E-state index >= 15 is 42.3 Å². The van der Waals surface area contributed by atoms with Crippen LogP contribution in [0.25, 0.3) is 0 Å². The lowest BCUT2D eigenvalue weighted by atomic mass is 9.74. The lowest BCUT2D eigenvalue weighted by Crippen LogP contribution is -2.68. The molecule has 8 rings (SSSR count). The SMILES string of the molecule is CCO[C@@H]1C[C@H]2C(=O)NC3(CCC3)C(=O)N(C)[C@@H](C3CCCC3)C(=O)N(CCC3CCCC3)[C@H](C(=O)N(C)C)CC(=O)N(C)[C@@H](CC)C(=O)N[C@@H]([C@@H](C)CC)C(=O)N(C)CC(=O)N(C)[C@H]3CCCCCN(C3=O)[C@@H](CC3CCC(C(F)(F)F)CC3)C(=O)N(C)CC(=O)N[C@@H](CCC3CC(F)C(C(F)(F)F)C(F)C3)C(=O)N2C1. The van der Waals surface area contributed by atoms with Crippen molar-refractivity contribution in [3.63, 3.8) is 0 Å². The van der Waals surface area contributed by atoms with E-state index in [9.17, 15) is 50.3 Å². The maximum Gasteiger partial charge on any atom is 0.397 e. The first-order valence-electron chi connectivity index (χ1n) is 41.1. The lowest BCUT2D eigenvalue weighted by molar-refractivity contribution is -0.219. The quantitative estimate of drug-likeness (QED) is 0.132. The van der Waals surface area contributed by atoms with E-state index < -0.39 is 230 Å². The fourth-order valence-electron chi connectivity index (χ4n) is 18.8. The number of hydrogen-bond acceptors (Lipinski definition) is 13. The number of nitrogens with zero attached hydrogens (tertiary/aromatic N) is 9. The van der Waals surface area contributed by atoms with Crippen molar-refractivity contribution in [1.82, 2.24) is 60.0 Å². The van der Waals surface area contributed by atoms with Crippen LogP contribution in [0.15, 0.2) is 0 Å². The first kappa shape index (κ1) is 90.6. The summed E-state index contributed by atoms with van der Waals surface area (Å²) in [7, 11) is 9.78. The van der Waals surface area contributed by atoms with Crippen LogP contribution in [0.2, 0.25) is 0 Å². The summed E-state index contributed by atoms with van der Waals surface area (Å²) in [6, 6.07) is -11.2. The van der Waals surface area contributed by atoms with Gasteiger partial charge in [-0.3, -0.25) is 57.5 Å². The van der Waals surface area contributed by atoms with Gasteiger partial charge >= 0.3 is 12.4 Å². The Balaban J connectivity index is 1.22. The standard InChI is InChI=1S/C79H124F8N12O13/c1-12-47(4)66-74(109)93(8)46-64(102)95(10)58-27-16-15-21-37-97(73(58)108)60(41-49-28-31-52(32-29-49)78(82,83)84)72(107)92(7)45-62(100)88-56(33-30-50-39-54(80)65(55(81)40-50)79(85,86)87)70(105)99-44-53(112-14-3)42-59(99)69(104)90-77(35-22-36-77)76(111)96(11)67(51-25-19-20-26-51)75(110)98(38-34-48-23-17-18-24-48)61(71(106)91(5)6)43-63(101)94(9)57(13-2)68(103)89-66/h47-61,65-67H,12-46H2,1-11H3,(H,88,100)(H,89,103)(H,90,104)/t47-,49?,50?,52?,53+,54?,55?,56-,57-,58-,59-,60-,61-,65?,66-,67-/m0/s1. The number of carbonyl (C=O) groups is 12. The Morgan fingerprint density at radius 2 is 1.21 bits per heavy atom. The molecule has 2 bridgehead atoms. The topological polar surface area (TPSA) is 279 Å². The molecule has 8 aliphatic rings. The predicted octanol–water partition coefficient (Wildman–Crippen LogP) is 7.89. The Labute approximate surface area is 654 Å². The van der Waals surface area contributed by atoms with E-state index in [1.807, 2.05) is 0 Å². The molecule has 112 heavy (non-hydrogen) atoms. The zero-order valence-electron chi connectivity index (χ0n) is 67.5. The van der Waals surface area contributed by atoms with Gasteiger partial charge in [-0.25, -0.2) is 8.78 Å². The summed E-state index contributed by atoms with van der Waals surface area (Å²) >= 11 is 0. The molecule has 634 valence electrons. The average molecular weight is 1600 g/mol. The van der Waals surface area contributed by atoms with E-state index in [0.29, 0.717) is 64.2 Å². The second kappa shape index (κ2) is 39.6. The molecule has 12 atom stereocenters. The Morgan fingerprint density at radius 1 is 0.589 bits per heavy atom. The van der Waals surface area contributed by atoms with Crippen molar-refractivity contribution >= 4 is 70.9 Å². The third-order valence-electron chi connectivity index (χ3n) is 26.0. The van der Waals surface area contributed by atoms with Crippen LogP contribution in [-0.2, 0) is 62.3 Å². The number of nitrogens with one attached hydrogen (secondary N) is 3. The summed E-state index contributed by atoms with van der Waals surface area (Å²) in [6.07, 6.45) is -11.0. The normalized spacial score (nSPS) is 32.0. The van der Waals surface area contributed by atoms with E-state index in [0.717, 1.165) is 45.3 Å². The second-order valence-corrected chi connectivity index (χ2v) is 33.8. The van der Waals surface area contributed by atoms with Crippen molar-refractivity contribution in [2.75, 3.05) is 88.7 Å². The Morgan fingerprint density at radius 3 is 1.78 bits per heavy atom. The van der Waals surface area contributed by atoms with Crippen LogP contribution in [0.3, 0.4) is 0 Å². The van der Waals surface area contributed by atoms with Gasteiger partial charge in [-0.15, -0.1) is 0 Å². The molecule has 8 fully saturated rings. The van der Waals surface area contributed by atoms with E-state index in [2.05, 4.69) is 16.0 Å². The smallest absolute Gasteiger partial charge is 0.377 e. The summed E-state index contributed by atoms with van der Waals surface area (Å²) in [5.74, 6) is -16.2. The zero-order chi connectivity index (χ0) is 82.6. The van der Waals surface area contributed by atoms with Gasteiger partial charge in [0.1, 0.15) is 72.1 Å². The molecule has 3 N–H and O–H groups in total. The van der Waals surface area contributed by atoms with E-state index in [1.54, 1.807) is 27.7 Å². The van der Waals surface area contributed by atoms with Crippen molar-refractivity contribution in [2.24, 2.45) is 41.4 Å². The van der Waals surface area contributed by atoms with Gasteiger partial charge in [0.05, 0.1) is 31.5 Å². The van der Waals surface area contributed by atoms with Crippen LogP contribution in [0.1, 0.15) is 214 Å². The first-order valence-corrected chi connectivity index (χ1v) is 41.1. The van der Waals surface area contributed by atoms with Gasteiger partial charge in [0.25, 0.3) is 0 Å². The molecule has 0 radical (unpaired) electrons. The number of fused-ring (bicyclic) bond motifs is 3. The number of rotatable bonds is 15. The summed E-state index contributed by atoms with van der Waals surface area (Å²) < 4.78 is 122. The summed E-state index contributed by atoms with van der Waals surface area (Å²) in [6.45, 7) is 5.10. The monoisotopic (exact) mass is 1600 g/mol. The van der Waals surface area contributed by atoms with Gasteiger partial charge in [0.2, 0.25) is 70.9 Å². The van der Waals surface area contributed by atoms with Gasteiger partial charge in [-0.2, -0.15) is 26.3 Å². The number of ether oxygens (including phenoxy) is 1. The number of carbonyl (C=O) groups excluding carboxylic acids is 12. The molecule has 5 saturated carbocycles. The van der Waals surface area contributed by atoms with Crippen molar-refractivity contribution in [3.05, 3.63) is 0 Å².